The average molecular weight is 213 g/mol. The van der Waals surface area contributed by atoms with Crippen LogP contribution in [-0.2, 0) is 0 Å². The Bertz CT molecular complexity index is 197. The average Bonchev–Trinajstić information content (AvgIpc) is 2.14. The smallest absolute Gasteiger partial charge is 0.0555 e. The molecule has 3 atom stereocenters. The van der Waals surface area contributed by atoms with Gasteiger partial charge in [-0.05, 0) is 44.2 Å². The Kier molecular flexibility index (Phi) is 4.19. The summed E-state index contributed by atoms with van der Waals surface area (Å²) < 4.78 is 0. The molecule has 90 valence electrons. The van der Waals surface area contributed by atoms with Crippen molar-refractivity contribution in [3.63, 3.8) is 0 Å². The Morgan fingerprint density at radius 1 is 1.27 bits per heavy atom. The third-order valence-electron chi connectivity index (χ3n) is 3.97. The SMILES string of the molecule is CCN(C)C1CC(O)CCC1C(C)(C)C. The van der Waals surface area contributed by atoms with Crippen LogP contribution in [-0.4, -0.2) is 35.7 Å². The summed E-state index contributed by atoms with van der Waals surface area (Å²) in [6, 6.07) is 0.554. The van der Waals surface area contributed by atoms with E-state index in [1.54, 1.807) is 0 Å². The molecule has 0 aliphatic heterocycles. The van der Waals surface area contributed by atoms with Gasteiger partial charge in [-0.15, -0.1) is 0 Å². The van der Waals surface area contributed by atoms with Gasteiger partial charge in [0, 0.05) is 6.04 Å². The third-order valence-corrected chi connectivity index (χ3v) is 3.97. The number of hydrogen-bond donors (Lipinski definition) is 1. The van der Waals surface area contributed by atoms with Crippen LogP contribution in [0.4, 0.5) is 0 Å². The largest absolute Gasteiger partial charge is 0.393 e. The molecule has 1 aliphatic rings. The van der Waals surface area contributed by atoms with Gasteiger partial charge in [-0.1, -0.05) is 27.7 Å². The predicted octanol–water partition coefficient (Wildman–Crippen LogP) is 2.51. The molecular weight excluding hydrogens is 186 g/mol. The number of rotatable bonds is 2. The van der Waals surface area contributed by atoms with E-state index in [2.05, 4.69) is 39.6 Å². The minimum atomic E-state index is -0.0809. The molecule has 1 aliphatic carbocycles. The van der Waals surface area contributed by atoms with Gasteiger partial charge in [0.25, 0.3) is 0 Å². The first-order valence-corrected chi connectivity index (χ1v) is 6.24. The van der Waals surface area contributed by atoms with Crippen LogP contribution in [0, 0.1) is 11.3 Å². The highest BCUT2D eigenvalue weighted by molar-refractivity contribution is 4.91. The van der Waals surface area contributed by atoms with Crippen LogP contribution in [0.1, 0.15) is 47.0 Å². The van der Waals surface area contributed by atoms with Gasteiger partial charge in [0.05, 0.1) is 6.10 Å². The fourth-order valence-electron chi connectivity index (χ4n) is 2.86. The van der Waals surface area contributed by atoms with Crippen LogP contribution in [0.3, 0.4) is 0 Å². The lowest BCUT2D eigenvalue weighted by atomic mass is 9.68. The van der Waals surface area contributed by atoms with E-state index >= 15 is 0 Å². The maximum Gasteiger partial charge on any atom is 0.0555 e. The molecule has 1 fully saturated rings. The molecule has 1 saturated carbocycles. The summed E-state index contributed by atoms with van der Waals surface area (Å²) in [6.45, 7) is 10.2. The number of aliphatic hydroxyl groups excluding tert-OH is 1. The zero-order valence-corrected chi connectivity index (χ0v) is 11.0. The zero-order valence-electron chi connectivity index (χ0n) is 11.0. The fourth-order valence-corrected chi connectivity index (χ4v) is 2.86. The summed E-state index contributed by atoms with van der Waals surface area (Å²) in [5, 5.41) is 9.78. The molecular formula is C13H27NO. The molecule has 1 rings (SSSR count). The van der Waals surface area contributed by atoms with Crippen LogP contribution < -0.4 is 0 Å². The van der Waals surface area contributed by atoms with Gasteiger partial charge in [-0.3, -0.25) is 0 Å². The molecule has 1 N–H and O–H groups in total. The van der Waals surface area contributed by atoms with E-state index in [4.69, 9.17) is 0 Å². The fraction of sp³-hybridized carbons (Fsp3) is 1.00. The molecule has 0 heterocycles. The maximum atomic E-state index is 9.78. The molecule has 3 unspecified atom stereocenters. The molecule has 0 aromatic rings. The molecule has 0 amide bonds. The Balaban J connectivity index is 2.75. The van der Waals surface area contributed by atoms with E-state index < -0.39 is 0 Å². The number of nitrogens with zero attached hydrogens (tertiary/aromatic N) is 1. The summed E-state index contributed by atoms with van der Waals surface area (Å²) in [6.07, 6.45) is 3.02. The van der Waals surface area contributed by atoms with Crippen molar-refractivity contribution in [1.82, 2.24) is 4.90 Å². The Labute approximate surface area is 94.7 Å². The van der Waals surface area contributed by atoms with Crippen molar-refractivity contribution >= 4 is 0 Å². The molecule has 2 nitrogen and oxygen atoms in total. The van der Waals surface area contributed by atoms with Crippen molar-refractivity contribution in [2.45, 2.75) is 59.1 Å². The highest BCUT2D eigenvalue weighted by atomic mass is 16.3. The molecule has 0 aromatic carbocycles. The van der Waals surface area contributed by atoms with E-state index in [9.17, 15) is 5.11 Å². The van der Waals surface area contributed by atoms with Gasteiger partial charge in [0.1, 0.15) is 0 Å². The normalized spacial score (nSPS) is 33.4. The van der Waals surface area contributed by atoms with Crippen LogP contribution in [0.5, 0.6) is 0 Å². The van der Waals surface area contributed by atoms with E-state index in [1.807, 2.05) is 0 Å². The molecule has 0 saturated heterocycles. The van der Waals surface area contributed by atoms with Crippen LogP contribution in [0.2, 0.25) is 0 Å². The van der Waals surface area contributed by atoms with Gasteiger partial charge < -0.3 is 10.0 Å². The van der Waals surface area contributed by atoms with E-state index in [0.717, 1.165) is 19.4 Å². The lowest BCUT2D eigenvalue weighted by Gasteiger charge is -2.45. The minimum absolute atomic E-state index is 0.0809. The predicted molar refractivity (Wildman–Crippen MR) is 64.9 cm³/mol. The summed E-state index contributed by atoms with van der Waals surface area (Å²) in [5.41, 5.74) is 0.355. The quantitative estimate of drug-likeness (QED) is 0.762. The van der Waals surface area contributed by atoms with Gasteiger partial charge in [-0.25, -0.2) is 0 Å². The Morgan fingerprint density at radius 2 is 1.87 bits per heavy atom. The van der Waals surface area contributed by atoms with Crippen molar-refractivity contribution < 1.29 is 5.11 Å². The molecule has 0 bridgehead atoms. The van der Waals surface area contributed by atoms with Crippen molar-refractivity contribution in [2.24, 2.45) is 11.3 Å². The van der Waals surface area contributed by atoms with Crippen molar-refractivity contribution in [3.8, 4) is 0 Å². The summed E-state index contributed by atoms with van der Waals surface area (Å²) >= 11 is 0. The first-order valence-electron chi connectivity index (χ1n) is 6.24. The van der Waals surface area contributed by atoms with Crippen LogP contribution >= 0.6 is 0 Å². The van der Waals surface area contributed by atoms with E-state index in [0.29, 0.717) is 17.4 Å². The second-order valence-electron chi connectivity index (χ2n) is 6.08. The molecule has 2 heteroatoms. The number of aliphatic hydroxyl groups is 1. The van der Waals surface area contributed by atoms with Crippen molar-refractivity contribution in [3.05, 3.63) is 0 Å². The molecule has 0 radical (unpaired) electrons. The van der Waals surface area contributed by atoms with Crippen molar-refractivity contribution in [1.29, 1.82) is 0 Å². The lowest BCUT2D eigenvalue weighted by Crippen LogP contribution is -2.48. The van der Waals surface area contributed by atoms with Crippen molar-refractivity contribution in [2.75, 3.05) is 13.6 Å². The summed E-state index contributed by atoms with van der Waals surface area (Å²) in [7, 11) is 2.18. The zero-order chi connectivity index (χ0) is 11.6. The highest BCUT2D eigenvalue weighted by Gasteiger charge is 2.38. The minimum Gasteiger partial charge on any atom is -0.393 e. The molecule has 0 aromatic heterocycles. The second kappa shape index (κ2) is 4.84. The second-order valence-corrected chi connectivity index (χ2v) is 6.08. The summed E-state index contributed by atoms with van der Waals surface area (Å²) in [5.74, 6) is 0.714. The maximum absolute atomic E-state index is 9.78. The Hall–Kier alpha value is -0.0800. The van der Waals surface area contributed by atoms with Gasteiger partial charge in [0.2, 0.25) is 0 Å². The monoisotopic (exact) mass is 213 g/mol. The van der Waals surface area contributed by atoms with Gasteiger partial charge in [0.15, 0.2) is 0 Å². The topological polar surface area (TPSA) is 23.5 Å². The van der Waals surface area contributed by atoms with E-state index in [-0.39, 0.29) is 6.10 Å². The standard InChI is InChI=1S/C13H27NO/c1-6-14(5)12-9-10(15)7-8-11(12)13(2,3)4/h10-12,15H,6-9H2,1-5H3. The Morgan fingerprint density at radius 3 is 2.33 bits per heavy atom. The number of hydrogen-bond acceptors (Lipinski definition) is 2. The van der Waals surface area contributed by atoms with Crippen LogP contribution in [0.25, 0.3) is 0 Å². The third kappa shape index (κ3) is 3.18. The van der Waals surface area contributed by atoms with Gasteiger partial charge >= 0.3 is 0 Å². The van der Waals surface area contributed by atoms with Gasteiger partial charge in [-0.2, -0.15) is 0 Å². The van der Waals surface area contributed by atoms with E-state index in [1.165, 1.54) is 6.42 Å². The molecule has 15 heavy (non-hydrogen) atoms. The summed E-state index contributed by atoms with van der Waals surface area (Å²) in [4.78, 5) is 2.40. The first-order chi connectivity index (χ1) is 6.86. The lowest BCUT2D eigenvalue weighted by molar-refractivity contribution is -0.000353. The molecule has 0 spiro atoms. The van der Waals surface area contributed by atoms with Crippen LogP contribution in [0.15, 0.2) is 0 Å². The highest BCUT2D eigenvalue weighted by Crippen LogP contribution is 2.39. The first kappa shape index (κ1) is 13.0.